The van der Waals surface area contributed by atoms with Gasteiger partial charge < -0.3 is 18.9 Å². The first kappa shape index (κ1) is 21.2. The number of hydrogen-bond acceptors (Lipinski definition) is 7. The second kappa shape index (κ2) is 7.06. The molecule has 3 saturated heterocycles. The summed E-state index contributed by atoms with van der Waals surface area (Å²) >= 11 is 1.88. The molecule has 3 rings (SSSR count). The Kier molecular flexibility index (Phi) is 5.53. The predicted octanol–water partition coefficient (Wildman–Crippen LogP) is 2.88. The SMILES string of the molecule is CN1CCSC1[C@H]1OC(C)(C)O[C@@H]1[C@@H]1COC(C)(C)N1C(=O)OC(C)(C)C. The number of thioether (sulfide) groups is 1. The Morgan fingerprint density at radius 1 is 1.15 bits per heavy atom. The van der Waals surface area contributed by atoms with Gasteiger partial charge in [-0.3, -0.25) is 9.80 Å². The third-order valence-corrected chi connectivity index (χ3v) is 6.49. The Labute approximate surface area is 167 Å². The normalized spacial score (nSPS) is 36.4. The van der Waals surface area contributed by atoms with E-state index in [1.807, 2.05) is 60.2 Å². The maximum atomic E-state index is 13.0. The van der Waals surface area contributed by atoms with Crippen molar-refractivity contribution < 1.29 is 23.7 Å². The topological polar surface area (TPSA) is 60.5 Å². The fraction of sp³-hybridized carbons (Fsp3) is 0.947. The molecule has 0 aromatic rings. The van der Waals surface area contributed by atoms with Crippen molar-refractivity contribution >= 4 is 17.9 Å². The zero-order valence-electron chi connectivity index (χ0n) is 17.8. The van der Waals surface area contributed by atoms with Crippen molar-refractivity contribution in [1.29, 1.82) is 0 Å². The van der Waals surface area contributed by atoms with Gasteiger partial charge in [0.2, 0.25) is 0 Å². The summed E-state index contributed by atoms with van der Waals surface area (Å²) in [7, 11) is 2.11. The quantitative estimate of drug-likeness (QED) is 0.704. The molecule has 0 saturated carbocycles. The molecule has 3 heterocycles. The van der Waals surface area contributed by atoms with Crippen LogP contribution in [-0.4, -0.2) is 82.6 Å². The Balaban J connectivity index is 1.88. The Bertz CT molecular complexity index is 577. The van der Waals surface area contributed by atoms with E-state index in [2.05, 4.69) is 11.9 Å². The molecule has 3 aliphatic rings. The Morgan fingerprint density at radius 2 is 1.78 bits per heavy atom. The number of hydrogen-bond donors (Lipinski definition) is 0. The molecule has 0 bridgehead atoms. The monoisotopic (exact) mass is 402 g/mol. The smallest absolute Gasteiger partial charge is 0.412 e. The van der Waals surface area contributed by atoms with E-state index >= 15 is 0 Å². The van der Waals surface area contributed by atoms with Gasteiger partial charge in [0.15, 0.2) is 5.79 Å². The van der Waals surface area contributed by atoms with Crippen molar-refractivity contribution in [2.45, 2.75) is 89.2 Å². The van der Waals surface area contributed by atoms with Gasteiger partial charge in [-0.15, -0.1) is 11.8 Å². The number of carbonyl (C=O) groups is 1. The summed E-state index contributed by atoms with van der Waals surface area (Å²) in [6.07, 6.45) is -0.813. The highest BCUT2D eigenvalue weighted by atomic mass is 32.2. The minimum atomic E-state index is -0.762. The zero-order chi connectivity index (χ0) is 20.2. The highest BCUT2D eigenvalue weighted by molar-refractivity contribution is 8.00. The standard InChI is InChI=1S/C19H34N2O5S/c1-17(2,3)26-16(22)21-12(11-23-18(21,4)5)13-14(25-19(6,7)24-13)15-20(8)9-10-27-15/h12-15H,9-11H2,1-8H3/t12-,13+,14-,15?/m0/s1. The molecule has 1 amide bonds. The van der Waals surface area contributed by atoms with Crippen molar-refractivity contribution in [2.75, 3.05) is 26.0 Å². The van der Waals surface area contributed by atoms with E-state index < -0.39 is 17.1 Å². The van der Waals surface area contributed by atoms with Crippen LogP contribution in [0.3, 0.4) is 0 Å². The Morgan fingerprint density at radius 3 is 2.33 bits per heavy atom. The lowest BCUT2D eigenvalue weighted by Gasteiger charge is -2.38. The van der Waals surface area contributed by atoms with Crippen molar-refractivity contribution in [1.82, 2.24) is 9.80 Å². The van der Waals surface area contributed by atoms with E-state index in [4.69, 9.17) is 18.9 Å². The van der Waals surface area contributed by atoms with Gasteiger partial charge in [-0.2, -0.15) is 0 Å². The van der Waals surface area contributed by atoms with Crippen molar-refractivity contribution in [2.24, 2.45) is 0 Å². The van der Waals surface area contributed by atoms with E-state index in [-0.39, 0.29) is 29.7 Å². The predicted molar refractivity (Wildman–Crippen MR) is 105 cm³/mol. The molecule has 0 N–H and O–H groups in total. The first-order valence-corrected chi connectivity index (χ1v) is 10.7. The highest BCUT2D eigenvalue weighted by Crippen LogP contribution is 2.42. The van der Waals surface area contributed by atoms with Crippen molar-refractivity contribution in [3.8, 4) is 0 Å². The van der Waals surface area contributed by atoms with Crippen LogP contribution in [0.5, 0.6) is 0 Å². The van der Waals surface area contributed by atoms with E-state index in [1.165, 1.54) is 0 Å². The number of amides is 1. The van der Waals surface area contributed by atoms with E-state index in [0.29, 0.717) is 6.61 Å². The Hall–Kier alpha value is -0.540. The molecule has 0 spiro atoms. The molecule has 0 aliphatic carbocycles. The van der Waals surface area contributed by atoms with Gasteiger partial charge in [0, 0.05) is 12.3 Å². The molecule has 27 heavy (non-hydrogen) atoms. The average molecular weight is 403 g/mol. The van der Waals surface area contributed by atoms with Gasteiger partial charge in [-0.1, -0.05) is 0 Å². The molecular formula is C19H34N2O5S. The second-order valence-electron chi connectivity index (χ2n) is 9.48. The van der Waals surface area contributed by atoms with Crippen molar-refractivity contribution in [3.05, 3.63) is 0 Å². The van der Waals surface area contributed by atoms with Crippen LogP contribution in [0.1, 0.15) is 48.5 Å². The summed E-state index contributed by atoms with van der Waals surface area (Å²) in [5.41, 5.74) is -1.34. The van der Waals surface area contributed by atoms with E-state index in [1.54, 1.807) is 4.90 Å². The third-order valence-electron chi connectivity index (χ3n) is 5.10. The van der Waals surface area contributed by atoms with Gasteiger partial charge in [0.25, 0.3) is 0 Å². The summed E-state index contributed by atoms with van der Waals surface area (Å²) in [6, 6.07) is -0.267. The largest absolute Gasteiger partial charge is 0.444 e. The summed E-state index contributed by atoms with van der Waals surface area (Å²) in [5.74, 6) is 0.363. The fourth-order valence-electron chi connectivity index (χ4n) is 3.99. The van der Waals surface area contributed by atoms with Crippen LogP contribution in [0, 0.1) is 0 Å². The van der Waals surface area contributed by atoms with E-state index in [0.717, 1.165) is 12.3 Å². The number of ether oxygens (including phenoxy) is 4. The van der Waals surface area contributed by atoms with Crippen molar-refractivity contribution in [3.63, 3.8) is 0 Å². The van der Waals surface area contributed by atoms with Crippen LogP contribution >= 0.6 is 11.8 Å². The van der Waals surface area contributed by atoms with Crippen LogP contribution in [0.15, 0.2) is 0 Å². The first-order valence-electron chi connectivity index (χ1n) is 9.64. The van der Waals surface area contributed by atoms with Gasteiger partial charge in [-0.25, -0.2) is 4.79 Å². The van der Waals surface area contributed by atoms with Crippen LogP contribution < -0.4 is 0 Å². The summed E-state index contributed by atoms with van der Waals surface area (Å²) < 4.78 is 24.3. The molecular weight excluding hydrogens is 368 g/mol. The minimum Gasteiger partial charge on any atom is -0.444 e. The summed E-state index contributed by atoms with van der Waals surface area (Å²) in [6.45, 7) is 14.7. The molecule has 0 aromatic heterocycles. The lowest BCUT2D eigenvalue weighted by molar-refractivity contribution is -0.152. The maximum absolute atomic E-state index is 13.0. The van der Waals surface area contributed by atoms with Crippen LogP contribution in [0.25, 0.3) is 0 Å². The maximum Gasteiger partial charge on any atom is 0.412 e. The lowest BCUT2D eigenvalue weighted by atomic mass is 10.0. The molecule has 8 heteroatoms. The van der Waals surface area contributed by atoms with Gasteiger partial charge in [0.1, 0.15) is 23.5 Å². The average Bonchev–Trinajstić information content (AvgIpc) is 3.12. The highest BCUT2D eigenvalue weighted by Gasteiger charge is 2.57. The van der Waals surface area contributed by atoms with E-state index in [9.17, 15) is 4.79 Å². The molecule has 4 atom stereocenters. The summed E-state index contributed by atoms with van der Waals surface area (Å²) in [5, 5.41) is 0.195. The van der Waals surface area contributed by atoms with Crippen LogP contribution in [-0.2, 0) is 18.9 Å². The van der Waals surface area contributed by atoms with Gasteiger partial charge in [0.05, 0.1) is 18.0 Å². The minimum absolute atomic E-state index is 0.148. The number of likely N-dealkylation sites (N-methyl/N-ethyl adjacent to an activating group) is 1. The molecule has 0 radical (unpaired) electrons. The molecule has 3 aliphatic heterocycles. The van der Waals surface area contributed by atoms with Gasteiger partial charge in [-0.05, 0) is 55.5 Å². The molecule has 3 fully saturated rings. The van der Waals surface area contributed by atoms with Crippen LogP contribution in [0.2, 0.25) is 0 Å². The van der Waals surface area contributed by atoms with Gasteiger partial charge >= 0.3 is 6.09 Å². The first-order chi connectivity index (χ1) is 12.3. The molecule has 7 nitrogen and oxygen atoms in total. The second-order valence-corrected chi connectivity index (χ2v) is 10.7. The molecule has 156 valence electrons. The number of rotatable bonds is 2. The number of carbonyl (C=O) groups excluding carboxylic acids is 1. The third kappa shape index (κ3) is 4.40. The summed E-state index contributed by atoms with van der Waals surface area (Å²) in [4.78, 5) is 17.0. The molecule has 0 aromatic carbocycles. The lowest BCUT2D eigenvalue weighted by Crippen LogP contribution is -2.57. The molecule has 1 unspecified atom stereocenters. The number of nitrogens with zero attached hydrogens (tertiary/aromatic N) is 2. The zero-order valence-corrected chi connectivity index (χ0v) is 18.6. The van der Waals surface area contributed by atoms with Crippen LogP contribution in [0.4, 0.5) is 4.79 Å². The fourth-order valence-corrected chi connectivity index (χ4v) is 5.39.